The Bertz CT molecular complexity index is 692. The molecule has 0 radical (unpaired) electrons. The highest BCUT2D eigenvalue weighted by Gasteiger charge is 2.73. The van der Waals surface area contributed by atoms with Crippen molar-refractivity contribution in [3.05, 3.63) is 12.2 Å². The Hall–Kier alpha value is -1.53. The molecule has 4 bridgehead atoms. The third kappa shape index (κ3) is 2.42. The van der Waals surface area contributed by atoms with Gasteiger partial charge in [-0.1, -0.05) is 6.58 Å². The first kappa shape index (κ1) is 17.9. The lowest BCUT2D eigenvalue weighted by molar-refractivity contribution is -0.224. The lowest BCUT2D eigenvalue weighted by Gasteiger charge is -2.61. The predicted octanol–water partition coefficient (Wildman–Crippen LogP) is 2.08. The number of aliphatic hydroxyl groups is 1. The van der Waals surface area contributed by atoms with Crippen LogP contribution in [0.3, 0.4) is 0 Å². The normalized spacial score (nSPS) is 44.0. The number of Topliss-reactive ketones (excluding diaryl/α,β-unsaturated/α-hetero) is 2. The average molecular weight is 362 g/mol. The quantitative estimate of drug-likeness (QED) is 0.468. The minimum absolute atomic E-state index is 0.0386. The van der Waals surface area contributed by atoms with E-state index in [0.717, 1.165) is 12.8 Å². The lowest BCUT2D eigenvalue weighted by atomic mass is 9.41. The van der Waals surface area contributed by atoms with Crippen LogP contribution in [0.4, 0.5) is 0 Å². The van der Waals surface area contributed by atoms with Gasteiger partial charge in [0.05, 0.1) is 6.61 Å². The van der Waals surface area contributed by atoms with Crippen molar-refractivity contribution < 1.29 is 29.0 Å². The molecule has 0 aromatic rings. The van der Waals surface area contributed by atoms with Crippen LogP contribution in [-0.4, -0.2) is 41.1 Å². The highest BCUT2D eigenvalue weighted by Crippen LogP contribution is 2.66. The van der Waals surface area contributed by atoms with Gasteiger partial charge in [0.1, 0.15) is 11.0 Å². The molecule has 5 atom stereocenters. The van der Waals surface area contributed by atoms with Gasteiger partial charge in [-0.05, 0) is 63.4 Å². The van der Waals surface area contributed by atoms with Crippen LogP contribution in [0.1, 0.15) is 58.3 Å². The lowest BCUT2D eigenvalue weighted by Crippen LogP contribution is -2.70. The smallest absolute Gasteiger partial charge is 0.322 e. The summed E-state index contributed by atoms with van der Waals surface area (Å²) >= 11 is 0. The van der Waals surface area contributed by atoms with Crippen LogP contribution in [0.2, 0.25) is 0 Å². The Morgan fingerprint density at radius 3 is 2.65 bits per heavy atom. The minimum atomic E-state index is -1.61. The molecule has 5 rings (SSSR count). The minimum Gasteiger partial charge on any atom is -0.435 e. The van der Waals surface area contributed by atoms with E-state index in [-0.39, 0.29) is 24.5 Å². The van der Waals surface area contributed by atoms with Crippen LogP contribution in [0, 0.1) is 16.7 Å². The summed E-state index contributed by atoms with van der Waals surface area (Å²) < 4.78 is 11.0. The van der Waals surface area contributed by atoms with Crippen molar-refractivity contribution in [3.8, 4) is 0 Å². The summed E-state index contributed by atoms with van der Waals surface area (Å²) in [5.74, 6) is -1.27. The monoisotopic (exact) mass is 362 g/mol. The maximum absolute atomic E-state index is 13.1. The third-order valence-electron chi connectivity index (χ3n) is 6.71. The van der Waals surface area contributed by atoms with E-state index in [0.29, 0.717) is 37.9 Å². The summed E-state index contributed by atoms with van der Waals surface area (Å²) in [7, 11) is 0. The molecule has 1 heterocycles. The molecule has 0 aromatic heterocycles. The maximum atomic E-state index is 13.1. The van der Waals surface area contributed by atoms with E-state index < -0.39 is 34.5 Å². The highest BCUT2D eigenvalue weighted by molar-refractivity contribution is 6.12. The Labute approximate surface area is 152 Å². The average Bonchev–Trinajstić information content (AvgIpc) is 2.58. The number of rotatable bonds is 4. The largest absolute Gasteiger partial charge is 0.435 e. The summed E-state index contributed by atoms with van der Waals surface area (Å²) in [5, 5.41) is 11.0. The molecule has 142 valence electrons. The number of ketones is 2. The van der Waals surface area contributed by atoms with Crippen LogP contribution in [0.5, 0.6) is 0 Å². The molecular formula is C20H26O6. The van der Waals surface area contributed by atoms with Crippen molar-refractivity contribution in [2.24, 2.45) is 16.7 Å². The molecule has 1 N–H and O–H groups in total. The Kier molecular flexibility index (Phi) is 3.94. The topological polar surface area (TPSA) is 89.9 Å². The van der Waals surface area contributed by atoms with E-state index in [1.807, 2.05) is 0 Å². The molecule has 6 heteroatoms. The molecule has 5 unspecified atom stereocenters. The first-order valence-electron chi connectivity index (χ1n) is 9.51. The van der Waals surface area contributed by atoms with Crippen molar-refractivity contribution in [2.75, 3.05) is 6.61 Å². The molecule has 4 aliphatic carbocycles. The van der Waals surface area contributed by atoms with E-state index in [1.165, 1.54) is 0 Å². The number of allylic oxidation sites excluding steroid dienone is 1. The zero-order valence-corrected chi connectivity index (χ0v) is 15.2. The van der Waals surface area contributed by atoms with E-state index >= 15 is 0 Å². The number of hydrogen-bond acceptors (Lipinski definition) is 6. The summed E-state index contributed by atoms with van der Waals surface area (Å²) in [5.41, 5.74) is -3.53. The Morgan fingerprint density at radius 1 is 1.23 bits per heavy atom. The molecule has 0 spiro atoms. The highest BCUT2D eigenvalue weighted by atomic mass is 16.7. The van der Waals surface area contributed by atoms with Gasteiger partial charge in [-0.2, -0.15) is 0 Å². The van der Waals surface area contributed by atoms with Gasteiger partial charge in [0.2, 0.25) is 6.29 Å². The van der Waals surface area contributed by atoms with Crippen molar-refractivity contribution in [3.63, 3.8) is 0 Å². The van der Waals surface area contributed by atoms with Crippen molar-refractivity contribution in [1.29, 1.82) is 0 Å². The van der Waals surface area contributed by atoms with Crippen molar-refractivity contribution in [1.82, 2.24) is 0 Å². The molecular weight excluding hydrogens is 336 g/mol. The summed E-state index contributed by atoms with van der Waals surface area (Å²) in [4.78, 5) is 39.1. The van der Waals surface area contributed by atoms with Crippen LogP contribution in [-0.2, 0) is 23.9 Å². The predicted molar refractivity (Wildman–Crippen MR) is 90.9 cm³/mol. The summed E-state index contributed by atoms with van der Waals surface area (Å²) in [6.07, 6.45) is 3.30. The molecule has 6 nitrogen and oxygen atoms in total. The fraction of sp³-hybridized carbons (Fsp3) is 0.750. The second-order valence-electron chi connectivity index (χ2n) is 8.87. The standard InChI is InChI=1S/C20H26O6/c1-12(2)15(21)18-7-13-8-19(10-18,16(22)20(24,9-13)11-18)17(23)26-14-5-3-4-6-25-14/h13-14,24H,1,3-11H2,2H3. The van der Waals surface area contributed by atoms with Gasteiger partial charge in [0, 0.05) is 11.8 Å². The molecule has 4 saturated carbocycles. The molecule has 0 amide bonds. The number of esters is 1. The van der Waals surface area contributed by atoms with Gasteiger partial charge in [0.25, 0.3) is 0 Å². The first-order valence-corrected chi connectivity index (χ1v) is 9.51. The van der Waals surface area contributed by atoms with Gasteiger partial charge >= 0.3 is 5.97 Å². The van der Waals surface area contributed by atoms with Crippen LogP contribution in [0.25, 0.3) is 0 Å². The van der Waals surface area contributed by atoms with Gasteiger partial charge < -0.3 is 14.6 Å². The van der Waals surface area contributed by atoms with Gasteiger partial charge in [0.15, 0.2) is 11.6 Å². The first-order chi connectivity index (χ1) is 12.2. The van der Waals surface area contributed by atoms with Crippen LogP contribution < -0.4 is 0 Å². The SMILES string of the molecule is C=C(C)C(=O)C12CC3CC(O)(C1)C(=O)C(C(=O)OC1CCCCO1)(C3)C2. The third-order valence-corrected chi connectivity index (χ3v) is 6.71. The zero-order chi connectivity index (χ0) is 18.7. The second-order valence-corrected chi connectivity index (χ2v) is 8.87. The van der Waals surface area contributed by atoms with E-state index in [1.54, 1.807) is 6.92 Å². The number of hydrogen-bond donors (Lipinski definition) is 1. The van der Waals surface area contributed by atoms with Gasteiger partial charge in [-0.15, -0.1) is 0 Å². The van der Waals surface area contributed by atoms with Gasteiger partial charge in [-0.25, -0.2) is 0 Å². The Morgan fingerprint density at radius 2 is 2.00 bits per heavy atom. The van der Waals surface area contributed by atoms with Crippen molar-refractivity contribution in [2.45, 2.75) is 70.2 Å². The molecule has 0 aromatic carbocycles. The van der Waals surface area contributed by atoms with Gasteiger partial charge in [-0.3, -0.25) is 14.4 Å². The van der Waals surface area contributed by atoms with E-state index in [9.17, 15) is 19.5 Å². The summed E-state index contributed by atoms with van der Waals surface area (Å²) in [6.45, 7) is 5.94. The van der Waals surface area contributed by atoms with Crippen LogP contribution in [0.15, 0.2) is 12.2 Å². The molecule has 1 aliphatic heterocycles. The second kappa shape index (κ2) is 5.73. The summed E-state index contributed by atoms with van der Waals surface area (Å²) in [6, 6.07) is 0. The maximum Gasteiger partial charge on any atom is 0.322 e. The number of carbonyl (C=O) groups is 3. The van der Waals surface area contributed by atoms with Crippen LogP contribution >= 0.6 is 0 Å². The van der Waals surface area contributed by atoms with E-state index in [4.69, 9.17) is 9.47 Å². The Balaban J connectivity index is 1.68. The molecule has 26 heavy (non-hydrogen) atoms. The van der Waals surface area contributed by atoms with Crippen molar-refractivity contribution >= 4 is 17.5 Å². The molecule has 5 fully saturated rings. The zero-order valence-electron chi connectivity index (χ0n) is 15.2. The molecule has 1 saturated heterocycles. The molecule has 5 aliphatic rings. The fourth-order valence-electron chi connectivity index (χ4n) is 6.01. The number of ether oxygens (including phenoxy) is 2. The number of carbonyl (C=O) groups excluding carboxylic acids is 3. The fourth-order valence-corrected chi connectivity index (χ4v) is 6.01. The van der Waals surface area contributed by atoms with E-state index in [2.05, 4.69) is 6.58 Å².